The summed E-state index contributed by atoms with van der Waals surface area (Å²) in [5.41, 5.74) is 1.42. The molecule has 0 saturated carbocycles. The molecule has 1 N–H and O–H groups in total. The van der Waals surface area contributed by atoms with E-state index < -0.39 is 17.6 Å². The molecule has 0 unspecified atom stereocenters. The summed E-state index contributed by atoms with van der Waals surface area (Å²) in [5.74, 6) is -1.12. The van der Waals surface area contributed by atoms with Gasteiger partial charge in [0.25, 0.3) is 11.5 Å². The van der Waals surface area contributed by atoms with E-state index in [1.54, 1.807) is 29.2 Å². The van der Waals surface area contributed by atoms with Crippen LogP contribution in [-0.4, -0.2) is 46.0 Å². The Morgan fingerprint density at radius 3 is 2.60 bits per heavy atom. The molecule has 2 aromatic carbocycles. The number of fused-ring (bicyclic) bond motifs is 2. The summed E-state index contributed by atoms with van der Waals surface area (Å²) >= 11 is 0. The normalized spacial score (nSPS) is 13.9. The maximum Gasteiger partial charge on any atom is 0.360 e. The number of rotatable bonds is 5. The standard InChI is InChI=1S/C22H21N3O5/c1-14(20(27)24-11-10-15-6-2-5-9-18(15)24)30-22(29)19-16-7-3-4-8-17(16)21(28)25(23-19)12-13-26/h2-9,14,26H,10-13H2,1H3/t14-/m0/s1. The number of aliphatic hydroxyl groups is 1. The smallest absolute Gasteiger partial charge is 0.360 e. The van der Waals surface area contributed by atoms with Gasteiger partial charge in [-0.25, -0.2) is 9.48 Å². The van der Waals surface area contributed by atoms with E-state index in [9.17, 15) is 19.5 Å². The van der Waals surface area contributed by atoms with E-state index in [1.165, 1.54) is 6.92 Å². The Hall–Kier alpha value is -3.52. The second-order valence-electron chi connectivity index (χ2n) is 7.06. The summed E-state index contributed by atoms with van der Waals surface area (Å²) in [7, 11) is 0. The summed E-state index contributed by atoms with van der Waals surface area (Å²) in [6, 6.07) is 14.2. The Morgan fingerprint density at radius 2 is 1.83 bits per heavy atom. The Bertz CT molecular complexity index is 1190. The molecular formula is C22H21N3O5. The average molecular weight is 407 g/mol. The topological polar surface area (TPSA) is 102 Å². The molecule has 4 rings (SSSR count). The number of ether oxygens (including phenoxy) is 1. The number of aliphatic hydroxyl groups excluding tert-OH is 1. The zero-order chi connectivity index (χ0) is 21.3. The Balaban J connectivity index is 1.61. The van der Waals surface area contributed by atoms with Crippen molar-refractivity contribution in [3.05, 3.63) is 70.1 Å². The van der Waals surface area contributed by atoms with Gasteiger partial charge in [-0.05, 0) is 31.0 Å². The van der Waals surface area contributed by atoms with Crippen molar-refractivity contribution in [2.75, 3.05) is 18.1 Å². The van der Waals surface area contributed by atoms with Crippen LogP contribution in [0.1, 0.15) is 23.0 Å². The summed E-state index contributed by atoms with van der Waals surface area (Å²) in [6.07, 6.45) is -0.275. The second kappa shape index (κ2) is 8.08. The van der Waals surface area contributed by atoms with Crippen molar-refractivity contribution in [3.63, 3.8) is 0 Å². The molecule has 154 valence electrons. The van der Waals surface area contributed by atoms with Crippen LogP contribution >= 0.6 is 0 Å². The highest BCUT2D eigenvalue weighted by Crippen LogP contribution is 2.28. The summed E-state index contributed by atoms with van der Waals surface area (Å²) in [4.78, 5) is 39.9. The van der Waals surface area contributed by atoms with Crippen LogP contribution in [0.25, 0.3) is 10.8 Å². The third kappa shape index (κ3) is 3.46. The van der Waals surface area contributed by atoms with Gasteiger partial charge in [-0.3, -0.25) is 9.59 Å². The monoisotopic (exact) mass is 407 g/mol. The number of esters is 1. The molecule has 8 heteroatoms. The number of hydrogen-bond acceptors (Lipinski definition) is 6. The molecule has 1 amide bonds. The van der Waals surface area contributed by atoms with Crippen LogP contribution in [-0.2, 0) is 22.5 Å². The van der Waals surface area contributed by atoms with Crippen molar-refractivity contribution in [1.82, 2.24) is 9.78 Å². The second-order valence-corrected chi connectivity index (χ2v) is 7.06. The van der Waals surface area contributed by atoms with Crippen LogP contribution in [0.5, 0.6) is 0 Å². The summed E-state index contributed by atoms with van der Waals surface area (Å²) in [6.45, 7) is 1.70. The number of para-hydroxylation sites is 1. The minimum atomic E-state index is -1.03. The van der Waals surface area contributed by atoms with Crippen LogP contribution in [0.2, 0.25) is 0 Å². The van der Waals surface area contributed by atoms with Crippen molar-refractivity contribution in [2.24, 2.45) is 0 Å². The largest absolute Gasteiger partial charge is 0.448 e. The lowest BCUT2D eigenvalue weighted by molar-refractivity contribution is -0.126. The van der Waals surface area contributed by atoms with Crippen molar-refractivity contribution < 1.29 is 19.4 Å². The molecule has 0 saturated heterocycles. The first-order valence-corrected chi connectivity index (χ1v) is 9.72. The molecule has 2 heterocycles. The lowest BCUT2D eigenvalue weighted by Gasteiger charge is -2.21. The lowest BCUT2D eigenvalue weighted by Crippen LogP contribution is -2.39. The van der Waals surface area contributed by atoms with E-state index in [2.05, 4.69) is 5.10 Å². The van der Waals surface area contributed by atoms with Crippen LogP contribution in [0.3, 0.4) is 0 Å². The average Bonchev–Trinajstić information content (AvgIpc) is 3.19. The maximum absolute atomic E-state index is 12.9. The first-order valence-electron chi connectivity index (χ1n) is 9.72. The Morgan fingerprint density at radius 1 is 1.13 bits per heavy atom. The minimum absolute atomic E-state index is 0.0526. The highest BCUT2D eigenvalue weighted by Gasteiger charge is 2.31. The van der Waals surface area contributed by atoms with Gasteiger partial charge in [-0.2, -0.15) is 5.10 Å². The summed E-state index contributed by atoms with van der Waals surface area (Å²) < 4.78 is 6.47. The molecule has 0 fully saturated rings. The van der Waals surface area contributed by atoms with Gasteiger partial charge < -0.3 is 14.7 Å². The molecule has 1 aromatic heterocycles. The predicted molar refractivity (Wildman–Crippen MR) is 110 cm³/mol. The van der Waals surface area contributed by atoms with E-state index in [1.807, 2.05) is 24.3 Å². The van der Waals surface area contributed by atoms with Gasteiger partial charge >= 0.3 is 5.97 Å². The van der Waals surface area contributed by atoms with Crippen molar-refractivity contribution in [1.29, 1.82) is 0 Å². The molecule has 30 heavy (non-hydrogen) atoms. The molecule has 0 radical (unpaired) electrons. The van der Waals surface area contributed by atoms with Gasteiger partial charge in [0.1, 0.15) is 0 Å². The fourth-order valence-corrected chi connectivity index (χ4v) is 3.69. The van der Waals surface area contributed by atoms with Crippen LogP contribution in [0.4, 0.5) is 5.69 Å². The van der Waals surface area contributed by atoms with Crippen LogP contribution in [0, 0.1) is 0 Å². The minimum Gasteiger partial charge on any atom is -0.448 e. The molecule has 1 aliphatic heterocycles. The van der Waals surface area contributed by atoms with Crippen molar-refractivity contribution in [2.45, 2.75) is 26.0 Å². The molecule has 1 aliphatic rings. The number of anilines is 1. The third-order valence-corrected chi connectivity index (χ3v) is 5.16. The number of amides is 1. The molecular weight excluding hydrogens is 386 g/mol. The summed E-state index contributed by atoms with van der Waals surface area (Å²) in [5, 5.41) is 13.9. The number of carbonyl (C=O) groups is 2. The van der Waals surface area contributed by atoms with Gasteiger partial charge in [0, 0.05) is 17.6 Å². The van der Waals surface area contributed by atoms with Crippen molar-refractivity contribution in [3.8, 4) is 0 Å². The first-order chi connectivity index (χ1) is 14.5. The lowest BCUT2D eigenvalue weighted by atomic mass is 10.1. The number of hydrogen-bond donors (Lipinski definition) is 1. The van der Waals surface area contributed by atoms with Gasteiger partial charge in [-0.15, -0.1) is 0 Å². The predicted octanol–water partition coefficient (Wildman–Crippen LogP) is 1.52. The van der Waals surface area contributed by atoms with Crippen LogP contribution in [0.15, 0.2) is 53.3 Å². The SMILES string of the molecule is C[C@H](OC(=O)c1nn(CCO)c(=O)c2ccccc12)C(=O)N1CCc2ccccc21. The highest BCUT2D eigenvalue weighted by atomic mass is 16.5. The fraction of sp³-hybridized carbons (Fsp3) is 0.273. The molecule has 1 atom stereocenters. The molecule has 0 aliphatic carbocycles. The molecule has 3 aromatic rings. The van der Waals surface area contributed by atoms with Gasteiger partial charge in [0.05, 0.1) is 18.5 Å². The molecule has 0 spiro atoms. The van der Waals surface area contributed by atoms with E-state index in [0.717, 1.165) is 22.4 Å². The van der Waals surface area contributed by atoms with Crippen LogP contribution < -0.4 is 10.5 Å². The van der Waals surface area contributed by atoms with E-state index >= 15 is 0 Å². The van der Waals surface area contributed by atoms with E-state index in [-0.39, 0.29) is 24.8 Å². The van der Waals surface area contributed by atoms with E-state index in [0.29, 0.717) is 17.3 Å². The first kappa shape index (κ1) is 19.8. The number of carbonyl (C=O) groups excluding carboxylic acids is 2. The van der Waals surface area contributed by atoms with Gasteiger partial charge in [0.15, 0.2) is 11.8 Å². The Kier molecular flexibility index (Phi) is 5.33. The zero-order valence-corrected chi connectivity index (χ0v) is 16.4. The Labute approximate surface area is 172 Å². The van der Waals surface area contributed by atoms with Gasteiger partial charge in [-0.1, -0.05) is 36.4 Å². The quantitative estimate of drug-likeness (QED) is 0.644. The molecule has 0 bridgehead atoms. The maximum atomic E-state index is 12.9. The highest BCUT2D eigenvalue weighted by molar-refractivity contribution is 6.04. The number of nitrogens with zero attached hydrogens (tertiary/aromatic N) is 3. The third-order valence-electron chi connectivity index (χ3n) is 5.16. The fourth-order valence-electron chi connectivity index (χ4n) is 3.69. The molecule has 8 nitrogen and oxygen atoms in total. The zero-order valence-electron chi connectivity index (χ0n) is 16.4. The number of aromatic nitrogens is 2. The van der Waals surface area contributed by atoms with Gasteiger partial charge in [0.2, 0.25) is 0 Å². The van der Waals surface area contributed by atoms with E-state index in [4.69, 9.17) is 4.74 Å². The number of benzene rings is 2. The van der Waals surface area contributed by atoms with Crippen molar-refractivity contribution >= 4 is 28.3 Å².